The lowest BCUT2D eigenvalue weighted by Crippen LogP contribution is -2.37. The predicted molar refractivity (Wildman–Crippen MR) is 106 cm³/mol. The maximum atomic E-state index is 13.4. The van der Waals surface area contributed by atoms with Crippen LogP contribution in [0.2, 0.25) is 0 Å². The minimum atomic E-state index is -4.53. The fraction of sp³-hybridized carbons (Fsp3) is 0. The number of fused-ring (bicyclic) bond motifs is 1. The van der Waals surface area contributed by atoms with Crippen LogP contribution >= 0.6 is 0 Å². The Labute approximate surface area is 184 Å². The number of phenolic OH excluding ortho intramolecular Hbond substituents is 2. The molecule has 0 saturated carbocycles. The van der Waals surface area contributed by atoms with Gasteiger partial charge >= 0.3 is 5.69 Å². The van der Waals surface area contributed by atoms with E-state index in [1.807, 2.05) is 5.64 Å². The predicted octanol–water partition coefficient (Wildman–Crippen LogP) is 1.20. The van der Waals surface area contributed by atoms with Crippen molar-refractivity contribution in [1.29, 1.82) is 0 Å². The molecule has 1 heterocycles. The van der Waals surface area contributed by atoms with Gasteiger partial charge < -0.3 is 15.1 Å². The lowest BCUT2D eigenvalue weighted by molar-refractivity contribution is -0.386. The maximum absolute atomic E-state index is 13.4. The molecule has 2 aromatic carbocycles. The van der Waals surface area contributed by atoms with Crippen molar-refractivity contribution in [3.05, 3.63) is 70.5 Å². The van der Waals surface area contributed by atoms with Crippen LogP contribution in [0.1, 0.15) is 0 Å². The van der Waals surface area contributed by atoms with E-state index < -0.39 is 42.5 Å². The molecule has 0 amide bonds. The minimum absolute atomic E-state index is 0.0553. The molecule has 1 aliphatic heterocycles. The van der Waals surface area contributed by atoms with Crippen molar-refractivity contribution in [2.75, 3.05) is 5.23 Å². The summed E-state index contributed by atoms with van der Waals surface area (Å²) in [7, 11) is -4.53. The van der Waals surface area contributed by atoms with Gasteiger partial charge in [-0.1, -0.05) is 34.7 Å². The van der Waals surface area contributed by atoms with Crippen molar-refractivity contribution >= 4 is 26.9 Å². The van der Waals surface area contributed by atoms with Crippen molar-refractivity contribution in [1.82, 2.24) is 11.3 Å². The number of hydrogen-bond donors (Lipinski definition) is 4. The Kier molecular flexibility index (Phi) is 5.82. The van der Waals surface area contributed by atoms with Gasteiger partial charge in [-0.15, -0.1) is 9.88 Å². The highest BCUT2D eigenvalue weighted by Crippen LogP contribution is 2.48. The van der Waals surface area contributed by atoms with Crippen LogP contribution in [-0.2, 0) is 29.5 Å². The molecule has 0 aromatic heterocycles. The molecule has 33 heavy (non-hydrogen) atoms. The number of anilines is 1. The van der Waals surface area contributed by atoms with Gasteiger partial charge in [0.2, 0.25) is 21.3 Å². The van der Waals surface area contributed by atoms with E-state index in [1.165, 1.54) is 42.5 Å². The molecule has 16 heteroatoms. The summed E-state index contributed by atoms with van der Waals surface area (Å²) in [4.78, 5) is 29.2. The van der Waals surface area contributed by atoms with E-state index in [9.17, 15) is 28.7 Å². The fourth-order valence-electron chi connectivity index (χ4n) is 2.79. The van der Waals surface area contributed by atoms with Crippen molar-refractivity contribution in [3.63, 3.8) is 0 Å². The van der Waals surface area contributed by atoms with Crippen molar-refractivity contribution in [2.24, 2.45) is 5.16 Å². The molecule has 1 aliphatic carbocycles. The first-order chi connectivity index (χ1) is 15.8. The second-order valence-electron chi connectivity index (χ2n) is 6.18. The lowest BCUT2D eigenvalue weighted by atomic mass is 10.2. The van der Waals surface area contributed by atoms with Crippen LogP contribution in [0.3, 0.4) is 0 Å². The van der Waals surface area contributed by atoms with Gasteiger partial charge in [0, 0.05) is 11.7 Å². The summed E-state index contributed by atoms with van der Waals surface area (Å²) in [6.45, 7) is 0. The Balaban J connectivity index is 1.95. The molecular formula is C17H13N5O10S. The monoisotopic (exact) mass is 479 g/mol. The van der Waals surface area contributed by atoms with E-state index in [0.717, 1.165) is 0 Å². The Hall–Kier alpha value is -4.22. The van der Waals surface area contributed by atoms with E-state index in [-0.39, 0.29) is 21.6 Å². The summed E-state index contributed by atoms with van der Waals surface area (Å²) in [5.74, 6) is -2.39. The quantitative estimate of drug-likeness (QED) is 0.278. The number of hydrogen-bond acceptors (Lipinski definition) is 14. The van der Waals surface area contributed by atoms with E-state index in [0.29, 0.717) is 6.07 Å². The fourth-order valence-corrected chi connectivity index (χ4v) is 4.26. The van der Waals surface area contributed by atoms with Gasteiger partial charge in [-0.2, -0.15) is 0 Å². The number of nitro benzene ring substituents is 1. The molecule has 4 N–H and O–H groups in total. The van der Waals surface area contributed by atoms with Gasteiger partial charge in [0.15, 0.2) is 17.2 Å². The van der Waals surface area contributed by atoms with Gasteiger partial charge in [-0.05, 0) is 29.9 Å². The van der Waals surface area contributed by atoms with Crippen molar-refractivity contribution in [2.45, 2.75) is 9.79 Å². The Morgan fingerprint density at radius 1 is 1.15 bits per heavy atom. The molecule has 4 rings (SSSR count). The molecule has 0 bridgehead atoms. The van der Waals surface area contributed by atoms with E-state index in [2.05, 4.69) is 15.0 Å². The molecule has 15 nitrogen and oxygen atoms in total. The number of phenols is 2. The summed E-state index contributed by atoms with van der Waals surface area (Å²) < 4.78 is 26.7. The first-order valence-electron chi connectivity index (χ1n) is 8.78. The van der Waals surface area contributed by atoms with Crippen LogP contribution in [0.25, 0.3) is 0 Å². The van der Waals surface area contributed by atoms with Crippen LogP contribution in [0, 0.1) is 10.1 Å². The van der Waals surface area contributed by atoms with Crippen LogP contribution < -0.4 is 16.5 Å². The summed E-state index contributed by atoms with van der Waals surface area (Å²) in [6, 6.07) is 7.49. The summed E-state index contributed by atoms with van der Waals surface area (Å²) in [5.41, 5.74) is 1.57. The number of benzene rings is 2. The number of aromatic hydroxyl groups is 2. The molecule has 0 atom stereocenters. The third kappa shape index (κ3) is 4.14. The lowest BCUT2D eigenvalue weighted by Gasteiger charge is -2.25. The molecule has 0 radical (unpaired) electrons. The topological polar surface area (TPSA) is 194 Å². The van der Waals surface area contributed by atoms with Crippen LogP contribution in [0.5, 0.6) is 11.5 Å². The third-order valence-corrected chi connectivity index (χ3v) is 6.00. The Morgan fingerprint density at radius 2 is 1.91 bits per heavy atom. The zero-order chi connectivity index (χ0) is 23.6. The molecule has 0 spiro atoms. The molecule has 172 valence electrons. The zero-order valence-corrected chi connectivity index (χ0v) is 16.9. The van der Waals surface area contributed by atoms with Gasteiger partial charge in [0.05, 0.1) is 9.82 Å². The van der Waals surface area contributed by atoms with Crippen molar-refractivity contribution in [3.8, 4) is 11.5 Å². The van der Waals surface area contributed by atoms with E-state index in [1.54, 1.807) is 11.7 Å². The number of oxime groups is 1. The SMILES string of the molecule is O=[N+]([O-])c1c(O)c(O)cc(S(=O)(=O)c2ccccc2)c1N1ONONO/N=C2/C=CC=C2O1. The normalized spacial score (nSPS) is 17.8. The minimum Gasteiger partial charge on any atom is -0.504 e. The smallest absolute Gasteiger partial charge is 0.345 e. The highest BCUT2D eigenvalue weighted by molar-refractivity contribution is 7.91. The standard InChI is InChI=1S/C17H13N5O10S/c23-12-9-14(33(27,28)10-5-2-1-3-6-10)15(16(17(12)24)21(25)26)22-29-13-8-4-7-11(13)18-30-19-31-20-32-22/h1-9,19-20,23-24H/b18-11-. The first-order valence-corrected chi connectivity index (χ1v) is 10.3. The molecule has 2 aliphatic rings. The molecule has 0 unspecified atom stereocenters. The number of nitrogens with one attached hydrogen (secondary N) is 2. The van der Waals surface area contributed by atoms with Crippen LogP contribution in [-0.4, -0.2) is 29.3 Å². The highest BCUT2D eigenvalue weighted by atomic mass is 32.2. The number of allylic oxidation sites excluding steroid dienone is 3. The van der Waals surface area contributed by atoms with Gasteiger partial charge in [0.25, 0.3) is 0 Å². The average Bonchev–Trinajstić information content (AvgIpc) is 3.24. The van der Waals surface area contributed by atoms with Crippen LogP contribution in [0.4, 0.5) is 11.4 Å². The highest BCUT2D eigenvalue weighted by Gasteiger charge is 2.39. The average molecular weight is 479 g/mol. The largest absolute Gasteiger partial charge is 0.504 e. The third-order valence-electron chi connectivity index (χ3n) is 4.22. The van der Waals surface area contributed by atoms with Gasteiger partial charge in [-0.3, -0.25) is 15.1 Å². The molecular weight excluding hydrogens is 466 g/mol. The second kappa shape index (κ2) is 8.73. The zero-order valence-electron chi connectivity index (χ0n) is 16.1. The molecule has 0 fully saturated rings. The van der Waals surface area contributed by atoms with Gasteiger partial charge in [0.1, 0.15) is 4.90 Å². The van der Waals surface area contributed by atoms with Gasteiger partial charge in [-0.25, -0.2) is 8.42 Å². The van der Waals surface area contributed by atoms with E-state index in [4.69, 9.17) is 9.78 Å². The molecule has 0 saturated heterocycles. The Morgan fingerprint density at radius 3 is 2.64 bits per heavy atom. The van der Waals surface area contributed by atoms with E-state index >= 15 is 0 Å². The van der Waals surface area contributed by atoms with Crippen molar-refractivity contribution < 1.29 is 43.2 Å². The Bertz CT molecular complexity index is 1290. The summed E-state index contributed by atoms with van der Waals surface area (Å²) >= 11 is 0. The number of sulfone groups is 1. The summed E-state index contributed by atoms with van der Waals surface area (Å²) in [5, 5.41) is 36.0. The number of rotatable bonds is 4. The van der Waals surface area contributed by atoms with Crippen LogP contribution in [0.15, 0.2) is 75.3 Å². The molecule has 2 aromatic rings. The first kappa shape index (κ1) is 22.0. The maximum Gasteiger partial charge on any atom is 0.345 e. The summed E-state index contributed by atoms with van der Waals surface area (Å²) in [6.07, 6.45) is 4.26. The number of nitrogens with zero attached hydrogens (tertiary/aromatic N) is 3. The second-order valence-corrected chi connectivity index (χ2v) is 8.10. The number of nitro groups is 1.